The molecule has 0 saturated carbocycles. The molecule has 242 valence electrons. The number of esters is 1. The Morgan fingerprint density at radius 3 is 2.34 bits per heavy atom. The van der Waals surface area contributed by atoms with Crippen molar-refractivity contribution in [2.24, 2.45) is 11.8 Å². The van der Waals surface area contributed by atoms with Crippen molar-refractivity contribution in [3.8, 4) is 5.75 Å². The number of hydrogen-bond donors (Lipinski definition) is 8. The molecule has 5 rings (SSSR count). The second kappa shape index (κ2) is 14.0. The number of carbonyl (C=O) groups excluding carboxylic acids is 1. The minimum absolute atomic E-state index is 0.0724. The molecule has 8 N–H and O–H groups in total. The lowest BCUT2D eigenvalue weighted by Gasteiger charge is -2.43. The van der Waals surface area contributed by atoms with Gasteiger partial charge in [-0.15, -0.1) is 0 Å². The van der Waals surface area contributed by atoms with E-state index in [2.05, 4.69) is 0 Å². The highest BCUT2D eigenvalue weighted by Gasteiger charge is 2.51. The van der Waals surface area contributed by atoms with Crippen LogP contribution in [0, 0.1) is 11.8 Å². The van der Waals surface area contributed by atoms with Gasteiger partial charge in [-0.2, -0.15) is 0 Å². The average molecular weight is 625 g/mol. The van der Waals surface area contributed by atoms with Crippen LogP contribution < -0.4 is 0 Å². The second-order valence-electron chi connectivity index (χ2n) is 10.9. The summed E-state index contributed by atoms with van der Waals surface area (Å²) in [6.45, 7) is -1.37. The Hall–Kier alpha value is -2.93. The van der Waals surface area contributed by atoms with Gasteiger partial charge in [0.2, 0.25) is 6.29 Å². The Bertz CT molecular complexity index is 1220. The third kappa shape index (κ3) is 6.83. The summed E-state index contributed by atoms with van der Waals surface area (Å²) < 4.78 is 33.7. The van der Waals surface area contributed by atoms with Crippen LogP contribution in [0.3, 0.4) is 0 Å². The van der Waals surface area contributed by atoms with Crippen LogP contribution in [-0.4, -0.2) is 134 Å². The lowest BCUT2D eigenvalue weighted by atomic mass is 9.88. The SMILES string of the molecule is O=C(/C=C/c1ccc(O)cc1)O[C@@H]1CO[C@@H](O[C@@H]2C=C(CO)[C@H]3[C@@H](O[C@@H]4O[C@H](CO)[C@@H](O)[C@H](O)[C@H]4O)OC=C[C@H]32)[C@H](O)[C@H]1O. The molecule has 1 aromatic rings. The molecule has 44 heavy (non-hydrogen) atoms. The highest BCUT2D eigenvalue weighted by atomic mass is 16.8. The quantitative estimate of drug-likeness (QED) is 0.0815. The van der Waals surface area contributed by atoms with Crippen molar-refractivity contribution >= 4 is 12.0 Å². The molecule has 0 amide bonds. The summed E-state index contributed by atoms with van der Waals surface area (Å²) in [6, 6.07) is 6.08. The summed E-state index contributed by atoms with van der Waals surface area (Å²) >= 11 is 0. The molecule has 0 radical (unpaired) electrons. The fourth-order valence-corrected chi connectivity index (χ4v) is 5.57. The van der Waals surface area contributed by atoms with E-state index < -0.39 is 98.7 Å². The first-order chi connectivity index (χ1) is 21.1. The van der Waals surface area contributed by atoms with E-state index in [4.69, 9.17) is 28.4 Å². The average Bonchev–Trinajstić information content (AvgIpc) is 3.39. The number of rotatable bonds is 9. The van der Waals surface area contributed by atoms with E-state index in [0.717, 1.165) is 6.08 Å². The van der Waals surface area contributed by atoms with Gasteiger partial charge in [-0.3, -0.25) is 0 Å². The maximum absolute atomic E-state index is 12.3. The molecular weight excluding hydrogens is 588 g/mol. The van der Waals surface area contributed by atoms with Gasteiger partial charge in [0, 0.05) is 12.0 Å². The van der Waals surface area contributed by atoms with Crippen LogP contribution >= 0.6 is 0 Å². The number of hydrogen-bond acceptors (Lipinski definition) is 15. The van der Waals surface area contributed by atoms with Gasteiger partial charge in [0.25, 0.3) is 0 Å². The molecular formula is C29H36O15. The standard InChI is InChI=1S/C29H36O15/c30-10-14-9-17(16-7-8-39-27(21(14)16)44-29-26(38)24(36)22(34)18(11-31)43-29)42-28-25(37)23(35)19(12-40-28)41-20(33)6-3-13-1-4-15(32)5-2-13/h1-9,16-19,21-32,34-38H,10-12H2/b6-3+/t16-,17+,18+,19+,21+,22+,23-,24-,25+,26+,27+,28-,29-/m0/s1. The molecule has 0 spiro atoms. The molecule has 3 heterocycles. The smallest absolute Gasteiger partial charge is 0.331 e. The van der Waals surface area contributed by atoms with Crippen molar-refractivity contribution in [2.45, 2.75) is 67.7 Å². The number of carbonyl (C=O) groups is 1. The maximum Gasteiger partial charge on any atom is 0.331 e. The summed E-state index contributed by atoms with van der Waals surface area (Å²) in [5, 5.41) is 80.8. The lowest BCUT2D eigenvalue weighted by Crippen LogP contribution is -2.60. The van der Waals surface area contributed by atoms with Crippen LogP contribution in [-0.2, 0) is 33.2 Å². The van der Waals surface area contributed by atoms with Gasteiger partial charge in [0.1, 0.15) is 42.4 Å². The van der Waals surface area contributed by atoms with Gasteiger partial charge in [0.15, 0.2) is 18.7 Å². The zero-order valence-corrected chi connectivity index (χ0v) is 23.3. The molecule has 2 saturated heterocycles. The first kappa shape index (κ1) is 32.5. The minimum atomic E-state index is -1.67. The van der Waals surface area contributed by atoms with Crippen molar-refractivity contribution in [1.29, 1.82) is 0 Å². The predicted octanol–water partition coefficient (Wildman–Crippen LogP) is -2.37. The van der Waals surface area contributed by atoms with Gasteiger partial charge in [-0.1, -0.05) is 18.2 Å². The normalized spacial score (nSPS) is 40.3. The largest absolute Gasteiger partial charge is 0.508 e. The number of aliphatic hydroxyl groups excluding tert-OH is 7. The monoisotopic (exact) mass is 624 g/mol. The fourth-order valence-electron chi connectivity index (χ4n) is 5.57. The number of aliphatic hydroxyl groups is 7. The summed E-state index contributed by atoms with van der Waals surface area (Å²) in [4.78, 5) is 12.3. The Morgan fingerprint density at radius 2 is 1.64 bits per heavy atom. The van der Waals surface area contributed by atoms with Crippen LogP contribution in [0.2, 0.25) is 0 Å². The predicted molar refractivity (Wildman–Crippen MR) is 145 cm³/mol. The summed E-state index contributed by atoms with van der Waals surface area (Å²) in [6.07, 6.45) is -8.13. The summed E-state index contributed by atoms with van der Waals surface area (Å²) in [5.74, 6) is -1.93. The molecule has 2 fully saturated rings. The topological polar surface area (TPSA) is 234 Å². The molecule has 4 aliphatic rings. The molecule has 13 atom stereocenters. The summed E-state index contributed by atoms with van der Waals surface area (Å²) in [5.41, 5.74) is 1.05. The first-order valence-corrected chi connectivity index (χ1v) is 14.0. The molecule has 0 aromatic heterocycles. The summed E-state index contributed by atoms with van der Waals surface area (Å²) in [7, 11) is 0. The van der Waals surface area contributed by atoms with E-state index >= 15 is 0 Å². The Kier molecular flexibility index (Phi) is 10.3. The number of ether oxygens (including phenoxy) is 6. The Labute approximate surface area is 251 Å². The number of benzene rings is 1. The van der Waals surface area contributed by atoms with E-state index in [9.17, 15) is 45.6 Å². The third-order valence-electron chi connectivity index (χ3n) is 8.00. The zero-order chi connectivity index (χ0) is 31.5. The molecule has 1 aliphatic carbocycles. The van der Waals surface area contributed by atoms with E-state index in [-0.39, 0.29) is 12.4 Å². The van der Waals surface area contributed by atoms with Crippen LogP contribution in [0.1, 0.15) is 5.56 Å². The van der Waals surface area contributed by atoms with Crippen LogP contribution in [0.4, 0.5) is 0 Å². The maximum atomic E-state index is 12.3. The number of fused-ring (bicyclic) bond motifs is 1. The van der Waals surface area contributed by atoms with Crippen LogP contribution in [0.15, 0.2) is 54.3 Å². The molecule has 15 nitrogen and oxygen atoms in total. The fraction of sp³-hybridized carbons (Fsp3) is 0.552. The highest BCUT2D eigenvalue weighted by molar-refractivity contribution is 5.87. The van der Waals surface area contributed by atoms with Crippen LogP contribution in [0.25, 0.3) is 6.08 Å². The first-order valence-electron chi connectivity index (χ1n) is 14.0. The van der Waals surface area contributed by atoms with E-state index in [0.29, 0.717) is 11.1 Å². The third-order valence-corrected chi connectivity index (χ3v) is 8.00. The van der Waals surface area contributed by atoms with Crippen molar-refractivity contribution in [3.05, 3.63) is 59.9 Å². The van der Waals surface area contributed by atoms with Gasteiger partial charge >= 0.3 is 5.97 Å². The molecule has 0 unspecified atom stereocenters. The van der Waals surface area contributed by atoms with Crippen molar-refractivity contribution in [1.82, 2.24) is 0 Å². The minimum Gasteiger partial charge on any atom is -0.508 e. The highest BCUT2D eigenvalue weighted by Crippen LogP contribution is 2.43. The van der Waals surface area contributed by atoms with Crippen molar-refractivity contribution < 1.29 is 74.1 Å². The second-order valence-corrected chi connectivity index (χ2v) is 10.9. The molecule has 15 heteroatoms. The van der Waals surface area contributed by atoms with Gasteiger partial charge in [0.05, 0.1) is 38.1 Å². The van der Waals surface area contributed by atoms with E-state index in [1.54, 1.807) is 24.3 Å². The number of aromatic hydroxyl groups is 1. The molecule has 0 bridgehead atoms. The van der Waals surface area contributed by atoms with Gasteiger partial charge < -0.3 is 69.3 Å². The lowest BCUT2D eigenvalue weighted by molar-refractivity contribution is -0.340. The van der Waals surface area contributed by atoms with E-state index in [1.165, 1.54) is 24.5 Å². The Balaban J connectivity index is 1.19. The Morgan fingerprint density at radius 1 is 0.909 bits per heavy atom. The molecule has 3 aliphatic heterocycles. The molecule has 1 aromatic carbocycles. The van der Waals surface area contributed by atoms with Crippen LogP contribution in [0.5, 0.6) is 5.75 Å². The van der Waals surface area contributed by atoms with Crippen molar-refractivity contribution in [3.63, 3.8) is 0 Å². The van der Waals surface area contributed by atoms with Gasteiger partial charge in [-0.25, -0.2) is 4.79 Å². The zero-order valence-electron chi connectivity index (χ0n) is 23.3. The number of phenolic OH excluding ortho intramolecular Hbond substituents is 1. The number of phenols is 1. The van der Waals surface area contributed by atoms with Gasteiger partial charge in [-0.05, 0) is 35.4 Å². The van der Waals surface area contributed by atoms with E-state index in [1.807, 2.05) is 0 Å². The van der Waals surface area contributed by atoms with Crippen molar-refractivity contribution in [2.75, 3.05) is 19.8 Å².